The number of rotatable bonds is 1. The smallest absolute Gasteiger partial charge is 0.323 e. The molecule has 4 nitrogen and oxygen atoms in total. The summed E-state index contributed by atoms with van der Waals surface area (Å²) in [6.07, 6.45) is 0.972. The number of carboxylic acids is 1. The molecular weight excluding hydrogens is 144 g/mol. The van der Waals surface area contributed by atoms with Gasteiger partial charge in [0.05, 0.1) is 0 Å². The quantitative estimate of drug-likeness (QED) is 0.552. The molecule has 0 amide bonds. The summed E-state index contributed by atoms with van der Waals surface area (Å²) in [4.78, 5) is 12.5. The summed E-state index contributed by atoms with van der Waals surface area (Å²) in [5.74, 6) is -0.807. The number of nitrogens with zero attached hydrogens (tertiary/aromatic N) is 2. The molecule has 0 aromatic carbocycles. The van der Waals surface area contributed by atoms with Gasteiger partial charge in [-0.15, -0.1) is 0 Å². The van der Waals surface area contributed by atoms with E-state index in [9.17, 15) is 4.79 Å². The van der Waals surface area contributed by atoms with Crippen LogP contribution in [0.3, 0.4) is 0 Å². The molecule has 0 saturated carbocycles. The molecule has 1 aliphatic heterocycles. The van der Waals surface area contributed by atoms with Gasteiger partial charge in [0.1, 0.15) is 6.04 Å². The number of carboxylic acid groups (broad SMARTS) is 1. The highest BCUT2D eigenvalue weighted by atomic mass is 16.4. The van der Waals surface area contributed by atoms with Gasteiger partial charge in [-0.3, -0.25) is 4.79 Å². The van der Waals surface area contributed by atoms with Crippen LogP contribution < -0.4 is 5.32 Å². The number of carbonyl (C=O) groups is 1. The van der Waals surface area contributed by atoms with E-state index in [-0.39, 0.29) is 0 Å². The van der Waals surface area contributed by atoms with Crippen LogP contribution >= 0.6 is 0 Å². The molecule has 1 N–H and O–H groups in total. The minimum atomic E-state index is -0.807. The lowest BCUT2D eigenvalue weighted by atomic mass is 10.3. The first kappa shape index (κ1) is 8.49. The predicted octanol–water partition coefficient (Wildman–Crippen LogP) is -0.621. The van der Waals surface area contributed by atoms with Crippen molar-refractivity contribution in [2.75, 3.05) is 26.7 Å². The average molecular weight is 157 g/mol. The zero-order chi connectivity index (χ0) is 8.27. The molecule has 11 heavy (non-hydrogen) atoms. The molecule has 0 aromatic rings. The van der Waals surface area contributed by atoms with Crippen molar-refractivity contribution in [2.45, 2.75) is 12.5 Å². The van der Waals surface area contributed by atoms with Crippen molar-refractivity contribution in [1.29, 1.82) is 0 Å². The molecule has 1 saturated heterocycles. The van der Waals surface area contributed by atoms with E-state index in [1.807, 2.05) is 11.9 Å². The zero-order valence-corrected chi connectivity index (χ0v) is 6.66. The van der Waals surface area contributed by atoms with Gasteiger partial charge in [-0.2, -0.15) is 0 Å². The fourth-order valence-corrected chi connectivity index (χ4v) is 1.19. The maximum atomic E-state index is 10.5. The summed E-state index contributed by atoms with van der Waals surface area (Å²) < 4.78 is 0. The molecule has 0 aromatic heterocycles. The largest absolute Gasteiger partial charge is 0.480 e. The van der Waals surface area contributed by atoms with Gasteiger partial charge in [0.15, 0.2) is 0 Å². The fourth-order valence-electron chi connectivity index (χ4n) is 1.19. The van der Waals surface area contributed by atoms with Gasteiger partial charge in [0.2, 0.25) is 0 Å². The van der Waals surface area contributed by atoms with E-state index >= 15 is 0 Å². The number of aliphatic carboxylic acids is 1. The van der Waals surface area contributed by atoms with Crippen LogP contribution in [0.25, 0.3) is 0 Å². The predicted molar refractivity (Wildman–Crippen MR) is 40.5 cm³/mol. The summed E-state index contributed by atoms with van der Waals surface area (Å²) in [5.41, 5.74) is 0. The third kappa shape index (κ3) is 2.48. The normalized spacial score (nSPS) is 27.9. The van der Waals surface area contributed by atoms with Gasteiger partial charge < -0.3 is 10.0 Å². The Morgan fingerprint density at radius 3 is 3.09 bits per heavy atom. The second-order valence-electron chi connectivity index (χ2n) is 2.88. The third-order valence-electron chi connectivity index (χ3n) is 1.82. The van der Waals surface area contributed by atoms with Crippen molar-refractivity contribution in [3.8, 4) is 0 Å². The van der Waals surface area contributed by atoms with E-state index in [1.165, 1.54) is 0 Å². The van der Waals surface area contributed by atoms with Crippen LogP contribution in [0.15, 0.2) is 0 Å². The summed E-state index contributed by atoms with van der Waals surface area (Å²) in [6, 6.07) is -0.512. The van der Waals surface area contributed by atoms with Crippen LogP contribution in [0.1, 0.15) is 6.42 Å². The summed E-state index contributed by atoms with van der Waals surface area (Å²) in [6.45, 7) is 2.18. The molecule has 1 atom stereocenters. The van der Waals surface area contributed by atoms with E-state index in [4.69, 9.17) is 5.11 Å². The molecule has 0 aliphatic carbocycles. The Morgan fingerprint density at radius 1 is 1.73 bits per heavy atom. The molecule has 4 heteroatoms. The first-order valence-electron chi connectivity index (χ1n) is 3.78. The van der Waals surface area contributed by atoms with Gasteiger partial charge in [-0.1, -0.05) is 0 Å². The SMILES string of the molecule is CN1CCC[N]C(C(=O)O)C1. The topological polar surface area (TPSA) is 54.6 Å². The molecule has 1 heterocycles. The summed E-state index contributed by atoms with van der Waals surface area (Å²) >= 11 is 0. The van der Waals surface area contributed by atoms with E-state index < -0.39 is 12.0 Å². The number of likely N-dealkylation sites (N-methyl/N-ethyl adjacent to an activating group) is 1. The van der Waals surface area contributed by atoms with Crippen LogP contribution in [-0.4, -0.2) is 48.7 Å². The highest BCUT2D eigenvalue weighted by Gasteiger charge is 2.21. The lowest BCUT2D eigenvalue weighted by Crippen LogP contribution is -2.38. The van der Waals surface area contributed by atoms with E-state index in [0.717, 1.165) is 13.0 Å². The van der Waals surface area contributed by atoms with Crippen LogP contribution in [0, 0.1) is 0 Å². The average Bonchev–Trinajstić information content (AvgIpc) is 2.13. The van der Waals surface area contributed by atoms with Crippen molar-refractivity contribution in [3.05, 3.63) is 0 Å². The Morgan fingerprint density at radius 2 is 2.45 bits per heavy atom. The van der Waals surface area contributed by atoms with Crippen molar-refractivity contribution < 1.29 is 9.90 Å². The van der Waals surface area contributed by atoms with Crippen LogP contribution in [0.4, 0.5) is 0 Å². The third-order valence-corrected chi connectivity index (χ3v) is 1.82. The minimum absolute atomic E-state index is 0.512. The standard InChI is InChI=1S/C7H13N2O2/c1-9-4-2-3-8-6(5-9)7(10)11/h6H,2-5H2,1H3,(H,10,11). The monoisotopic (exact) mass is 157 g/mol. The van der Waals surface area contributed by atoms with Crippen molar-refractivity contribution in [1.82, 2.24) is 10.2 Å². The summed E-state index contributed by atoms with van der Waals surface area (Å²) in [5, 5.41) is 12.7. The molecule has 1 rings (SSSR count). The highest BCUT2D eigenvalue weighted by molar-refractivity contribution is 5.73. The van der Waals surface area contributed by atoms with E-state index in [2.05, 4.69) is 5.32 Å². The number of hydrogen-bond acceptors (Lipinski definition) is 2. The maximum Gasteiger partial charge on any atom is 0.323 e. The summed E-state index contributed by atoms with van der Waals surface area (Å²) in [7, 11) is 1.93. The van der Waals surface area contributed by atoms with E-state index in [1.54, 1.807) is 0 Å². The first-order chi connectivity index (χ1) is 5.20. The second-order valence-corrected chi connectivity index (χ2v) is 2.88. The Kier molecular flexibility index (Phi) is 2.84. The van der Waals surface area contributed by atoms with Crippen molar-refractivity contribution in [2.24, 2.45) is 0 Å². The fraction of sp³-hybridized carbons (Fsp3) is 0.857. The van der Waals surface area contributed by atoms with Crippen LogP contribution in [-0.2, 0) is 4.79 Å². The Balaban J connectivity index is 2.45. The Labute approximate surface area is 66.2 Å². The van der Waals surface area contributed by atoms with Crippen molar-refractivity contribution in [3.63, 3.8) is 0 Å². The molecular formula is C7H13N2O2. The molecule has 1 aliphatic rings. The first-order valence-corrected chi connectivity index (χ1v) is 3.78. The van der Waals surface area contributed by atoms with Gasteiger partial charge in [0.25, 0.3) is 0 Å². The van der Waals surface area contributed by atoms with Gasteiger partial charge in [-0.25, -0.2) is 5.32 Å². The lowest BCUT2D eigenvalue weighted by Gasteiger charge is -2.15. The maximum absolute atomic E-state index is 10.5. The van der Waals surface area contributed by atoms with Gasteiger partial charge >= 0.3 is 5.97 Å². The minimum Gasteiger partial charge on any atom is -0.480 e. The Bertz CT molecular complexity index is 149. The molecule has 1 radical (unpaired) electrons. The van der Waals surface area contributed by atoms with Gasteiger partial charge in [0, 0.05) is 13.1 Å². The number of hydrogen-bond donors (Lipinski definition) is 1. The second kappa shape index (κ2) is 3.69. The molecule has 0 spiro atoms. The molecule has 63 valence electrons. The van der Waals surface area contributed by atoms with Crippen LogP contribution in [0.5, 0.6) is 0 Å². The van der Waals surface area contributed by atoms with Gasteiger partial charge in [-0.05, 0) is 20.0 Å². The Hall–Kier alpha value is -0.610. The van der Waals surface area contributed by atoms with E-state index in [0.29, 0.717) is 13.1 Å². The van der Waals surface area contributed by atoms with Crippen molar-refractivity contribution >= 4 is 5.97 Å². The lowest BCUT2D eigenvalue weighted by molar-refractivity contribution is -0.139. The molecule has 1 unspecified atom stereocenters. The molecule has 1 fully saturated rings. The zero-order valence-electron chi connectivity index (χ0n) is 6.66. The van der Waals surface area contributed by atoms with Crippen LogP contribution in [0.2, 0.25) is 0 Å². The highest BCUT2D eigenvalue weighted by Crippen LogP contribution is 1.98. The molecule has 0 bridgehead atoms.